The summed E-state index contributed by atoms with van der Waals surface area (Å²) in [5, 5.41) is 0. The van der Waals surface area contributed by atoms with Crippen LogP contribution in [0.15, 0.2) is 28.9 Å². The third kappa shape index (κ3) is 4.23. The number of hydrogen-bond donors (Lipinski definition) is 0. The van der Waals surface area contributed by atoms with Crippen molar-refractivity contribution in [2.45, 2.75) is 19.8 Å². The molecule has 0 saturated carbocycles. The Kier molecular flexibility index (Phi) is 6.41. The summed E-state index contributed by atoms with van der Waals surface area (Å²) in [7, 11) is 0. The van der Waals surface area contributed by atoms with Crippen molar-refractivity contribution >= 4 is 39.4 Å². The molecule has 0 radical (unpaired) electrons. The Hall–Kier alpha value is -1.14. The van der Waals surface area contributed by atoms with Crippen molar-refractivity contribution in [2.24, 2.45) is 0 Å². The van der Waals surface area contributed by atoms with E-state index in [1.807, 2.05) is 29.8 Å². The minimum atomic E-state index is -0.199. The van der Waals surface area contributed by atoms with E-state index in [1.54, 1.807) is 0 Å². The zero-order valence-corrected chi connectivity index (χ0v) is 16.3. The molecule has 0 spiro atoms. The third-order valence-corrected chi connectivity index (χ3v) is 4.43. The fourth-order valence-corrected chi connectivity index (χ4v) is 3.30. The number of carbonyl (C=O) groups excluding carboxylic acids is 1. The van der Waals surface area contributed by atoms with Gasteiger partial charge >= 0.3 is 5.97 Å². The maximum absolute atomic E-state index is 11.8. The van der Waals surface area contributed by atoms with E-state index < -0.39 is 0 Å². The topological polar surface area (TPSA) is 32.6 Å². The van der Waals surface area contributed by atoms with Gasteiger partial charge in [-0.3, -0.25) is 0 Å². The predicted molar refractivity (Wildman–Crippen MR) is 90.4 cm³/mol. The summed E-state index contributed by atoms with van der Waals surface area (Å²) in [6, 6.07) is 6.16. The minimum Gasteiger partial charge on any atom is -1.00 e. The van der Waals surface area contributed by atoms with Crippen molar-refractivity contribution in [3.8, 4) is 0 Å². The van der Waals surface area contributed by atoms with E-state index in [0.717, 1.165) is 34.4 Å². The largest absolute Gasteiger partial charge is 1.00 e. The second kappa shape index (κ2) is 8.11. The minimum absolute atomic E-state index is 0. The van der Waals surface area contributed by atoms with Crippen LogP contribution < -0.4 is 17.0 Å². The highest BCUT2D eigenvalue weighted by atomic mass is 79.9. The lowest BCUT2D eigenvalue weighted by Gasteiger charge is -2.11. The second-order valence-electron chi connectivity index (χ2n) is 5.55. The summed E-state index contributed by atoms with van der Waals surface area (Å²) in [6.45, 7) is 4.71. The van der Waals surface area contributed by atoms with E-state index in [9.17, 15) is 4.79 Å². The predicted octanol–water partition coefficient (Wildman–Crippen LogP) is 0.181. The number of fused-ring (bicyclic) bond motifs is 1. The summed E-state index contributed by atoms with van der Waals surface area (Å²) in [4.78, 5) is 14.2. The Bertz CT molecular complexity index is 650. The number of benzene rings is 1. The standard InChI is InChI=1S/C17H20BrN2O2.BrH/c1-2-22-17(21)12-20-11-13(10-19-7-3-4-8-19)15-9-14(18)5-6-16(15)20;/h5-6,9-11H,2-4,7-8,12H2,1H3;1H/q+1;/p-1. The first-order valence-corrected chi connectivity index (χ1v) is 8.49. The summed E-state index contributed by atoms with van der Waals surface area (Å²) in [5.74, 6) is -0.199. The van der Waals surface area contributed by atoms with Crippen molar-refractivity contribution in [1.29, 1.82) is 0 Å². The van der Waals surface area contributed by atoms with Gasteiger partial charge in [0.25, 0.3) is 0 Å². The van der Waals surface area contributed by atoms with Crippen LogP contribution in [-0.2, 0) is 9.53 Å². The second-order valence-corrected chi connectivity index (χ2v) is 6.47. The summed E-state index contributed by atoms with van der Waals surface area (Å²) in [5.41, 5.74) is 3.37. The number of allylic oxidation sites excluding steroid dienone is 1. The van der Waals surface area contributed by atoms with Gasteiger partial charge in [-0.05, 0) is 31.9 Å². The van der Waals surface area contributed by atoms with Gasteiger partial charge in [0.15, 0.2) is 6.21 Å². The summed E-state index contributed by atoms with van der Waals surface area (Å²) < 4.78 is 8.09. The lowest BCUT2D eigenvalue weighted by Crippen LogP contribution is -3.00. The fourth-order valence-electron chi connectivity index (χ4n) is 2.94. The fraction of sp³-hybridized carbons (Fsp3) is 0.412. The van der Waals surface area contributed by atoms with Gasteiger partial charge in [-0.1, -0.05) is 15.9 Å². The molecule has 2 aliphatic heterocycles. The van der Waals surface area contributed by atoms with E-state index in [4.69, 9.17) is 4.74 Å². The lowest BCUT2D eigenvalue weighted by atomic mass is 10.1. The zero-order valence-electron chi connectivity index (χ0n) is 13.1. The molecule has 124 valence electrons. The van der Waals surface area contributed by atoms with Gasteiger partial charge in [-0.2, -0.15) is 4.58 Å². The van der Waals surface area contributed by atoms with Gasteiger partial charge in [0.05, 0.1) is 17.7 Å². The molecule has 0 N–H and O–H groups in total. The van der Waals surface area contributed by atoms with Crippen LogP contribution >= 0.6 is 15.9 Å². The number of nitrogens with zero attached hydrogens (tertiary/aromatic N) is 2. The summed E-state index contributed by atoms with van der Waals surface area (Å²) >= 11 is 3.54. The van der Waals surface area contributed by atoms with Crippen LogP contribution in [0.5, 0.6) is 0 Å². The zero-order chi connectivity index (χ0) is 15.5. The Morgan fingerprint density at radius 2 is 2.13 bits per heavy atom. The molecule has 0 amide bonds. The SMILES string of the molecule is CCOC(=O)C[N+]1=C/C(=C\N2CCCC2)c2cc(Br)ccc21.[Br-]. The van der Waals surface area contributed by atoms with Gasteiger partial charge in [-0.25, -0.2) is 4.79 Å². The molecule has 1 aromatic rings. The van der Waals surface area contributed by atoms with Crippen LogP contribution in [0, 0.1) is 0 Å². The number of ether oxygens (including phenoxy) is 1. The van der Waals surface area contributed by atoms with Crippen molar-refractivity contribution < 1.29 is 31.1 Å². The third-order valence-electron chi connectivity index (χ3n) is 3.94. The molecule has 1 aromatic carbocycles. The van der Waals surface area contributed by atoms with Crippen molar-refractivity contribution in [3.05, 3.63) is 34.4 Å². The Labute approximate surface area is 155 Å². The molecule has 4 nitrogen and oxygen atoms in total. The molecule has 0 aliphatic carbocycles. The van der Waals surface area contributed by atoms with E-state index in [2.05, 4.69) is 33.1 Å². The molecule has 2 heterocycles. The van der Waals surface area contributed by atoms with Crippen molar-refractivity contribution in [1.82, 2.24) is 4.90 Å². The Morgan fingerprint density at radius 3 is 2.83 bits per heavy atom. The van der Waals surface area contributed by atoms with Gasteiger partial charge in [-0.15, -0.1) is 0 Å². The van der Waals surface area contributed by atoms with Crippen molar-refractivity contribution in [3.63, 3.8) is 0 Å². The Balaban J connectivity index is 0.00000192. The van der Waals surface area contributed by atoms with Gasteiger partial charge in [0.2, 0.25) is 12.2 Å². The number of esters is 1. The first-order chi connectivity index (χ1) is 10.7. The van der Waals surface area contributed by atoms with Gasteiger partial charge < -0.3 is 26.6 Å². The molecule has 23 heavy (non-hydrogen) atoms. The molecule has 1 saturated heterocycles. The van der Waals surface area contributed by atoms with E-state index in [1.165, 1.54) is 12.8 Å². The maximum Gasteiger partial charge on any atom is 0.372 e. The monoisotopic (exact) mass is 442 g/mol. The van der Waals surface area contributed by atoms with Gasteiger partial charge in [0.1, 0.15) is 0 Å². The average molecular weight is 444 g/mol. The molecule has 0 aromatic heterocycles. The highest BCUT2D eigenvalue weighted by molar-refractivity contribution is 9.10. The maximum atomic E-state index is 11.8. The highest BCUT2D eigenvalue weighted by Crippen LogP contribution is 2.34. The van der Waals surface area contributed by atoms with E-state index in [0.29, 0.717) is 6.61 Å². The van der Waals surface area contributed by atoms with Crippen LogP contribution in [0.3, 0.4) is 0 Å². The smallest absolute Gasteiger partial charge is 0.372 e. The molecular weight excluding hydrogens is 424 g/mol. The number of halogens is 2. The van der Waals surface area contributed by atoms with Gasteiger partial charge in [0, 0.05) is 29.8 Å². The van der Waals surface area contributed by atoms with Crippen LogP contribution in [0.25, 0.3) is 5.57 Å². The van der Waals surface area contributed by atoms with Crippen LogP contribution in [-0.4, -0.2) is 47.9 Å². The molecule has 0 atom stereocenters. The van der Waals surface area contributed by atoms with E-state index >= 15 is 0 Å². The number of rotatable bonds is 4. The number of likely N-dealkylation sites (tertiary alicyclic amines) is 1. The van der Waals surface area contributed by atoms with Crippen LogP contribution in [0.2, 0.25) is 0 Å². The molecule has 2 aliphatic rings. The molecule has 6 heteroatoms. The normalized spacial score (nSPS) is 17.7. The molecule has 0 unspecified atom stereocenters. The first-order valence-electron chi connectivity index (χ1n) is 7.70. The van der Waals surface area contributed by atoms with Crippen LogP contribution in [0.1, 0.15) is 25.3 Å². The van der Waals surface area contributed by atoms with Crippen molar-refractivity contribution in [2.75, 3.05) is 26.2 Å². The molecule has 0 bridgehead atoms. The first kappa shape index (κ1) is 18.2. The summed E-state index contributed by atoms with van der Waals surface area (Å²) in [6.07, 6.45) is 6.76. The average Bonchev–Trinajstić information content (AvgIpc) is 3.09. The lowest BCUT2D eigenvalue weighted by molar-refractivity contribution is -0.422. The quantitative estimate of drug-likeness (QED) is 0.491. The molecule has 3 rings (SSSR count). The molecule has 1 fully saturated rings. The number of hydrogen-bond acceptors (Lipinski definition) is 3. The Morgan fingerprint density at radius 1 is 1.39 bits per heavy atom. The van der Waals surface area contributed by atoms with Crippen LogP contribution in [0.4, 0.5) is 5.69 Å². The number of carbonyl (C=O) groups is 1. The highest BCUT2D eigenvalue weighted by Gasteiger charge is 2.29. The van der Waals surface area contributed by atoms with E-state index in [-0.39, 0.29) is 29.5 Å². The molecular formula is C17H20Br2N2O2.